The Labute approximate surface area is 161 Å². The monoisotopic (exact) mass is 415 g/mol. The first-order chi connectivity index (χ1) is 12.4. The predicted octanol–water partition coefficient (Wildman–Crippen LogP) is 4.59. The van der Waals surface area contributed by atoms with E-state index >= 15 is 0 Å². The molecule has 1 atom stereocenters. The van der Waals surface area contributed by atoms with Crippen molar-refractivity contribution in [2.45, 2.75) is 44.6 Å². The van der Waals surface area contributed by atoms with Crippen LogP contribution in [0, 0.1) is 0 Å². The Balaban J connectivity index is 1.75. The Morgan fingerprint density at radius 1 is 1.15 bits per heavy atom. The molecule has 1 aliphatic rings. The Kier molecular flexibility index (Phi) is 5.58. The number of ketones is 1. The third kappa shape index (κ3) is 3.74. The number of amides is 1. The number of carbonyl (C=O) groups excluding carboxylic acids is 2. The van der Waals surface area contributed by atoms with Crippen LogP contribution in [0.25, 0.3) is 0 Å². The van der Waals surface area contributed by atoms with E-state index < -0.39 is 11.5 Å². The summed E-state index contributed by atoms with van der Waals surface area (Å²) in [4.78, 5) is 25.0. The number of nitrogens with one attached hydrogen (secondary N) is 1. The maximum atomic E-state index is 12.7. The van der Waals surface area contributed by atoms with Crippen LogP contribution in [0.15, 0.2) is 46.9 Å². The van der Waals surface area contributed by atoms with Gasteiger partial charge in [-0.25, -0.2) is 0 Å². The molecule has 2 aromatic carbocycles. The number of hydrogen-bond donors (Lipinski definition) is 2. The van der Waals surface area contributed by atoms with Gasteiger partial charge < -0.3 is 10.4 Å². The largest absolute Gasteiger partial charge is 0.375 e. The molecular formula is C21H22BrNO3. The molecule has 1 heterocycles. The maximum Gasteiger partial charge on any atom is 0.261 e. The van der Waals surface area contributed by atoms with E-state index in [1.54, 1.807) is 30.3 Å². The quantitative estimate of drug-likeness (QED) is 0.512. The van der Waals surface area contributed by atoms with E-state index in [4.69, 9.17) is 0 Å². The van der Waals surface area contributed by atoms with Crippen molar-refractivity contribution in [3.8, 4) is 0 Å². The minimum Gasteiger partial charge on any atom is -0.375 e. The molecule has 26 heavy (non-hydrogen) atoms. The number of anilines is 1. The van der Waals surface area contributed by atoms with E-state index in [-0.39, 0.29) is 12.2 Å². The molecule has 4 nitrogen and oxygen atoms in total. The second-order valence-corrected chi connectivity index (χ2v) is 7.67. The van der Waals surface area contributed by atoms with Gasteiger partial charge in [-0.1, -0.05) is 60.0 Å². The minimum absolute atomic E-state index is 0.254. The summed E-state index contributed by atoms with van der Waals surface area (Å²) in [6.07, 6.45) is 4.22. The third-order valence-corrected chi connectivity index (χ3v) is 5.31. The number of hydrogen-bond acceptors (Lipinski definition) is 3. The van der Waals surface area contributed by atoms with E-state index in [0.29, 0.717) is 16.8 Å². The highest BCUT2D eigenvalue weighted by atomic mass is 79.9. The van der Waals surface area contributed by atoms with E-state index in [0.717, 1.165) is 17.3 Å². The Morgan fingerprint density at radius 3 is 2.58 bits per heavy atom. The van der Waals surface area contributed by atoms with Crippen LogP contribution in [0.3, 0.4) is 0 Å². The lowest BCUT2D eigenvalue weighted by molar-refractivity contribution is -0.133. The molecule has 0 fully saturated rings. The number of fused-ring (bicyclic) bond motifs is 1. The molecule has 136 valence electrons. The van der Waals surface area contributed by atoms with Crippen molar-refractivity contribution < 1.29 is 14.7 Å². The van der Waals surface area contributed by atoms with Gasteiger partial charge in [0.1, 0.15) is 0 Å². The highest BCUT2D eigenvalue weighted by Gasteiger charge is 2.46. The van der Waals surface area contributed by atoms with Crippen LogP contribution < -0.4 is 5.32 Å². The first-order valence-electron chi connectivity index (χ1n) is 8.90. The second-order valence-electron chi connectivity index (χ2n) is 6.76. The van der Waals surface area contributed by atoms with Gasteiger partial charge in [0.25, 0.3) is 5.91 Å². The van der Waals surface area contributed by atoms with Crippen LogP contribution in [0.2, 0.25) is 0 Å². The summed E-state index contributed by atoms with van der Waals surface area (Å²) in [7, 11) is 0. The lowest BCUT2D eigenvalue weighted by Gasteiger charge is -2.20. The van der Waals surface area contributed by atoms with Crippen molar-refractivity contribution in [1.82, 2.24) is 0 Å². The molecule has 0 radical (unpaired) electrons. The van der Waals surface area contributed by atoms with Crippen molar-refractivity contribution >= 4 is 33.3 Å². The fourth-order valence-corrected chi connectivity index (χ4v) is 3.62. The van der Waals surface area contributed by atoms with Crippen LogP contribution in [-0.4, -0.2) is 16.8 Å². The minimum atomic E-state index is -1.84. The van der Waals surface area contributed by atoms with Crippen LogP contribution >= 0.6 is 15.9 Å². The predicted molar refractivity (Wildman–Crippen MR) is 105 cm³/mol. The smallest absolute Gasteiger partial charge is 0.261 e. The number of unbranched alkanes of at least 4 members (excludes halogenated alkanes) is 2. The lowest BCUT2D eigenvalue weighted by Crippen LogP contribution is -2.36. The SMILES string of the molecule is CCCCCc1ccc(C(=O)C[C@]2(O)C(=O)Nc3ccc(Br)cc32)cc1. The Morgan fingerprint density at radius 2 is 1.88 bits per heavy atom. The summed E-state index contributed by atoms with van der Waals surface area (Å²) in [5, 5.41) is 13.6. The Hall–Kier alpha value is -1.98. The molecule has 0 aliphatic carbocycles. The third-order valence-electron chi connectivity index (χ3n) is 4.81. The molecule has 1 aliphatic heterocycles. The average Bonchev–Trinajstić information content (AvgIpc) is 2.86. The van der Waals surface area contributed by atoms with E-state index in [1.807, 2.05) is 12.1 Å². The van der Waals surface area contributed by atoms with Gasteiger partial charge in [-0.15, -0.1) is 0 Å². The molecule has 0 saturated carbocycles. The van der Waals surface area contributed by atoms with Gasteiger partial charge in [-0.2, -0.15) is 0 Å². The second kappa shape index (κ2) is 7.72. The highest BCUT2D eigenvalue weighted by molar-refractivity contribution is 9.10. The van der Waals surface area contributed by atoms with Crippen molar-refractivity contribution in [2.24, 2.45) is 0 Å². The summed E-state index contributed by atoms with van der Waals surface area (Å²) >= 11 is 3.35. The number of benzene rings is 2. The summed E-state index contributed by atoms with van der Waals surface area (Å²) in [6.45, 7) is 2.17. The topological polar surface area (TPSA) is 66.4 Å². The number of rotatable bonds is 7. The van der Waals surface area contributed by atoms with E-state index in [1.165, 1.54) is 18.4 Å². The Bertz CT molecular complexity index is 832. The molecule has 0 unspecified atom stereocenters. The van der Waals surface area contributed by atoms with Gasteiger partial charge in [-0.05, 0) is 36.6 Å². The number of aliphatic hydroxyl groups is 1. The molecule has 0 aromatic heterocycles. The summed E-state index contributed by atoms with van der Waals surface area (Å²) in [5.74, 6) is -0.814. The van der Waals surface area contributed by atoms with Gasteiger partial charge in [0.2, 0.25) is 0 Å². The molecule has 0 bridgehead atoms. The van der Waals surface area contributed by atoms with Crippen LogP contribution in [0.1, 0.15) is 54.1 Å². The zero-order chi connectivity index (χ0) is 18.7. The van der Waals surface area contributed by atoms with Crippen LogP contribution in [0.5, 0.6) is 0 Å². The van der Waals surface area contributed by atoms with E-state index in [2.05, 4.69) is 28.2 Å². The van der Waals surface area contributed by atoms with Gasteiger partial charge in [0, 0.05) is 21.3 Å². The summed E-state index contributed by atoms with van der Waals surface area (Å²) in [6, 6.07) is 12.6. The molecule has 2 aromatic rings. The van der Waals surface area contributed by atoms with E-state index in [9.17, 15) is 14.7 Å². The van der Waals surface area contributed by atoms with Gasteiger partial charge in [0.15, 0.2) is 11.4 Å². The fraction of sp³-hybridized carbons (Fsp3) is 0.333. The zero-order valence-corrected chi connectivity index (χ0v) is 16.3. The summed E-state index contributed by atoms with van der Waals surface area (Å²) in [5.41, 5.74) is 0.840. The number of aryl methyl sites for hydroxylation is 1. The molecule has 0 saturated heterocycles. The van der Waals surface area contributed by atoms with Gasteiger partial charge in [0.05, 0.1) is 6.42 Å². The number of Topliss-reactive ketones (excluding diaryl/α,β-unsaturated/α-hetero) is 1. The number of halogens is 1. The zero-order valence-electron chi connectivity index (χ0n) is 14.7. The molecule has 1 amide bonds. The number of carbonyl (C=O) groups is 2. The van der Waals surface area contributed by atoms with Crippen LogP contribution in [0.4, 0.5) is 5.69 Å². The standard InChI is InChI=1S/C21H22BrNO3/c1-2-3-4-5-14-6-8-15(9-7-14)19(24)13-21(26)17-12-16(22)10-11-18(17)23-20(21)25/h6-12,26H,2-5,13H2,1H3,(H,23,25)/t21-/m1/s1. The fourth-order valence-electron chi connectivity index (χ4n) is 3.26. The molecular weight excluding hydrogens is 394 g/mol. The normalized spacial score (nSPS) is 18.5. The summed E-state index contributed by atoms with van der Waals surface area (Å²) < 4.78 is 0.745. The van der Waals surface area contributed by atoms with Gasteiger partial charge in [-0.3, -0.25) is 9.59 Å². The molecule has 2 N–H and O–H groups in total. The first kappa shape index (κ1) is 18.8. The van der Waals surface area contributed by atoms with Crippen molar-refractivity contribution in [3.63, 3.8) is 0 Å². The average molecular weight is 416 g/mol. The molecule has 3 rings (SSSR count). The lowest BCUT2D eigenvalue weighted by atomic mass is 9.88. The molecule has 0 spiro atoms. The van der Waals surface area contributed by atoms with Crippen molar-refractivity contribution in [2.75, 3.05) is 5.32 Å². The highest BCUT2D eigenvalue weighted by Crippen LogP contribution is 2.40. The maximum absolute atomic E-state index is 12.7. The molecule has 5 heteroatoms. The van der Waals surface area contributed by atoms with Crippen molar-refractivity contribution in [1.29, 1.82) is 0 Å². The van der Waals surface area contributed by atoms with Crippen LogP contribution in [-0.2, 0) is 16.8 Å². The van der Waals surface area contributed by atoms with Crippen molar-refractivity contribution in [3.05, 3.63) is 63.6 Å². The first-order valence-corrected chi connectivity index (χ1v) is 9.69. The van der Waals surface area contributed by atoms with Gasteiger partial charge >= 0.3 is 0 Å².